The maximum absolute atomic E-state index is 12.9. The van der Waals surface area contributed by atoms with Gasteiger partial charge in [-0.05, 0) is 29.7 Å². The summed E-state index contributed by atoms with van der Waals surface area (Å²) >= 11 is 0. The van der Waals surface area contributed by atoms with Gasteiger partial charge in [0.15, 0.2) is 11.5 Å². The topological polar surface area (TPSA) is 64.6 Å². The molecule has 3 rings (SSSR count). The van der Waals surface area contributed by atoms with E-state index >= 15 is 0 Å². The lowest BCUT2D eigenvalue weighted by atomic mass is 10.0. The van der Waals surface area contributed by atoms with Crippen LogP contribution in [0.15, 0.2) is 36.4 Å². The summed E-state index contributed by atoms with van der Waals surface area (Å²) in [5.41, 5.74) is 0.353. The van der Waals surface area contributed by atoms with E-state index < -0.39 is 21.8 Å². The molecule has 0 fully saturated rings. The minimum Gasteiger partial charge on any atom is -0.454 e. The molecule has 0 aliphatic carbocycles. The molecule has 9 heteroatoms. The molecule has 0 saturated carbocycles. The van der Waals surface area contributed by atoms with Crippen molar-refractivity contribution < 1.29 is 31.1 Å². The summed E-state index contributed by atoms with van der Waals surface area (Å²) in [4.78, 5) is 0. The van der Waals surface area contributed by atoms with Crippen molar-refractivity contribution in [1.29, 1.82) is 0 Å². The summed E-state index contributed by atoms with van der Waals surface area (Å²) in [6.45, 7) is 0.000655. The van der Waals surface area contributed by atoms with Crippen LogP contribution in [0.4, 0.5) is 18.9 Å². The highest BCUT2D eigenvalue weighted by atomic mass is 32.2. The maximum Gasteiger partial charge on any atom is 0.416 e. The molecule has 2 aromatic carbocycles. The SMILES string of the molecule is CS(=O)(=O)Nc1cc2c(cc1Cc1cccc(C(F)(F)F)c1)OCO2. The normalized spacial score (nSPS) is 13.8. The number of sulfonamides is 1. The lowest BCUT2D eigenvalue weighted by Crippen LogP contribution is -2.11. The Kier molecular flexibility index (Phi) is 4.28. The molecular weight excluding hydrogens is 359 g/mol. The van der Waals surface area contributed by atoms with Gasteiger partial charge < -0.3 is 9.47 Å². The highest BCUT2D eigenvalue weighted by Crippen LogP contribution is 2.38. The van der Waals surface area contributed by atoms with E-state index in [9.17, 15) is 21.6 Å². The van der Waals surface area contributed by atoms with E-state index in [-0.39, 0.29) is 18.9 Å². The molecular formula is C16H14F3NO4S. The third-order valence-corrected chi connectivity index (χ3v) is 4.13. The first kappa shape index (κ1) is 17.4. The molecule has 0 bridgehead atoms. The predicted molar refractivity (Wildman–Crippen MR) is 85.3 cm³/mol. The number of rotatable bonds is 4. The number of alkyl halides is 3. The summed E-state index contributed by atoms with van der Waals surface area (Å²) in [6.07, 6.45) is -3.36. The van der Waals surface area contributed by atoms with Gasteiger partial charge in [-0.2, -0.15) is 13.2 Å². The second-order valence-electron chi connectivity index (χ2n) is 5.61. The van der Waals surface area contributed by atoms with Gasteiger partial charge in [0.1, 0.15) is 0 Å². The van der Waals surface area contributed by atoms with Crippen LogP contribution in [0, 0.1) is 0 Å². The van der Waals surface area contributed by atoms with Crippen LogP contribution in [0.25, 0.3) is 0 Å². The van der Waals surface area contributed by atoms with E-state index in [2.05, 4.69) is 4.72 Å². The van der Waals surface area contributed by atoms with Crippen molar-refractivity contribution in [1.82, 2.24) is 0 Å². The molecule has 25 heavy (non-hydrogen) atoms. The van der Waals surface area contributed by atoms with Crippen LogP contribution >= 0.6 is 0 Å². The van der Waals surface area contributed by atoms with Crippen molar-refractivity contribution >= 4 is 15.7 Å². The predicted octanol–water partition coefficient (Wildman–Crippen LogP) is 3.40. The highest BCUT2D eigenvalue weighted by Gasteiger charge is 2.30. The van der Waals surface area contributed by atoms with Crippen LogP contribution in [0.5, 0.6) is 11.5 Å². The van der Waals surface area contributed by atoms with E-state index in [0.717, 1.165) is 18.4 Å². The molecule has 0 atom stereocenters. The van der Waals surface area contributed by atoms with Crippen LogP contribution in [0.3, 0.4) is 0 Å². The van der Waals surface area contributed by atoms with Gasteiger partial charge in [-0.25, -0.2) is 8.42 Å². The average molecular weight is 373 g/mol. The number of hydrogen-bond donors (Lipinski definition) is 1. The highest BCUT2D eigenvalue weighted by molar-refractivity contribution is 7.92. The second kappa shape index (κ2) is 6.14. The summed E-state index contributed by atoms with van der Waals surface area (Å²) in [6, 6.07) is 7.91. The monoisotopic (exact) mass is 373 g/mol. The number of anilines is 1. The lowest BCUT2D eigenvalue weighted by molar-refractivity contribution is -0.137. The van der Waals surface area contributed by atoms with Gasteiger partial charge in [0.05, 0.1) is 17.5 Å². The van der Waals surface area contributed by atoms with E-state index in [4.69, 9.17) is 9.47 Å². The number of halogens is 3. The number of fused-ring (bicyclic) bond motifs is 1. The molecule has 0 radical (unpaired) electrons. The van der Waals surface area contributed by atoms with E-state index in [1.165, 1.54) is 12.1 Å². The zero-order valence-electron chi connectivity index (χ0n) is 13.1. The van der Waals surface area contributed by atoms with Crippen molar-refractivity contribution in [3.63, 3.8) is 0 Å². The molecule has 0 saturated heterocycles. The third kappa shape index (κ3) is 4.16. The lowest BCUT2D eigenvalue weighted by Gasteiger charge is -2.13. The summed E-state index contributed by atoms with van der Waals surface area (Å²) < 4.78 is 74.5. The van der Waals surface area contributed by atoms with Crippen LogP contribution in [-0.4, -0.2) is 21.5 Å². The Labute approximate surface area is 142 Å². The fourth-order valence-electron chi connectivity index (χ4n) is 2.50. The molecule has 134 valence electrons. The van der Waals surface area contributed by atoms with Gasteiger partial charge in [0, 0.05) is 6.07 Å². The van der Waals surface area contributed by atoms with Crippen LogP contribution in [0.2, 0.25) is 0 Å². The Morgan fingerprint density at radius 3 is 2.44 bits per heavy atom. The Morgan fingerprint density at radius 1 is 1.12 bits per heavy atom. The minimum atomic E-state index is -4.45. The van der Waals surface area contributed by atoms with Crippen molar-refractivity contribution in [3.05, 3.63) is 53.1 Å². The Morgan fingerprint density at radius 2 is 1.80 bits per heavy atom. The largest absolute Gasteiger partial charge is 0.454 e. The molecule has 0 unspecified atom stereocenters. The number of nitrogens with one attached hydrogen (secondary N) is 1. The van der Waals surface area contributed by atoms with Crippen LogP contribution in [-0.2, 0) is 22.6 Å². The zero-order chi connectivity index (χ0) is 18.2. The van der Waals surface area contributed by atoms with Crippen molar-refractivity contribution in [2.45, 2.75) is 12.6 Å². The molecule has 0 amide bonds. The van der Waals surface area contributed by atoms with Crippen molar-refractivity contribution in [2.24, 2.45) is 0 Å². The van der Waals surface area contributed by atoms with Gasteiger partial charge in [0.25, 0.3) is 0 Å². The van der Waals surface area contributed by atoms with Gasteiger partial charge >= 0.3 is 6.18 Å². The number of ether oxygens (including phenoxy) is 2. The Hall–Kier alpha value is -2.42. The average Bonchev–Trinajstić information content (AvgIpc) is 2.92. The van der Waals surface area contributed by atoms with Crippen LogP contribution < -0.4 is 14.2 Å². The fourth-order valence-corrected chi connectivity index (χ4v) is 3.09. The summed E-state index contributed by atoms with van der Waals surface area (Å²) in [7, 11) is -3.57. The molecule has 2 aromatic rings. The summed E-state index contributed by atoms with van der Waals surface area (Å²) in [5, 5.41) is 0. The fraction of sp³-hybridized carbons (Fsp3) is 0.250. The molecule has 1 heterocycles. The molecule has 1 aliphatic heterocycles. The second-order valence-corrected chi connectivity index (χ2v) is 7.36. The van der Waals surface area contributed by atoms with E-state index in [0.29, 0.717) is 22.6 Å². The molecule has 5 nitrogen and oxygen atoms in total. The van der Waals surface area contributed by atoms with Crippen molar-refractivity contribution in [2.75, 3.05) is 17.8 Å². The van der Waals surface area contributed by atoms with E-state index in [1.54, 1.807) is 12.1 Å². The first-order valence-electron chi connectivity index (χ1n) is 7.18. The summed E-state index contributed by atoms with van der Waals surface area (Å²) in [5.74, 6) is 0.792. The standard InChI is InChI=1S/C16H14F3NO4S/c1-25(21,22)20-13-8-15-14(23-9-24-15)7-11(13)5-10-3-2-4-12(6-10)16(17,18)19/h2-4,6-8,20H,5,9H2,1H3. The van der Waals surface area contributed by atoms with E-state index in [1.807, 2.05) is 0 Å². The molecule has 0 spiro atoms. The molecule has 1 aliphatic rings. The quantitative estimate of drug-likeness (QED) is 0.892. The minimum absolute atomic E-state index is 0.000655. The van der Waals surface area contributed by atoms with Gasteiger partial charge in [-0.15, -0.1) is 0 Å². The third-order valence-electron chi connectivity index (χ3n) is 3.54. The van der Waals surface area contributed by atoms with Gasteiger partial charge in [-0.1, -0.05) is 18.2 Å². The van der Waals surface area contributed by atoms with Gasteiger partial charge in [0.2, 0.25) is 16.8 Å². The number of hydrogen-bond acceptors (Lipinski definition) is 4. The molecule has 1 N–H and O–H groups in total. The van der Waals surface area contributed by atoms with Gasteiger partial charge in [-0.3, -0.25) is 4.72 Å². The Balaban J connectivity index is 1.99. The van der Waals surface area contributed by atoms with Crippen LogP contribution in [0.1, 0.15) is 16.7 Å². The van der Waals surface area contributed by atoms with Crippen molar-refractivity contribution in [3.8, 4) is 11.5 Å². The molecule has 0 aromatic heterocycles. The zero-order valence-corrected chi connectivity index (χ0v) is 13.9. The number of benzene rings is 2. The maximum atomic E-state index is 12.9. The smallest absolute Gasteiger partial charge is 0.416 e. The first-order chi connectivity index (χ1) is 11.6. The first-order valence-corrected chi connectivity index (χ1v) is 9.07. The Bertz CT molecular complexity index is 910.